The SMILES string of the molecule is CO/C=C\N. The van der Waals surface area contributed by atoms with Crippen LogP contribution in [0.15, 0.2) is 12.5 Å². The van der Waals surface area contributed by atoms with Crippen molar-refractivity contribution >= 4 is 0 Å². The lowest BCUT2D eigenvalue weighted by Crippen LogP contribution is -1.75. The third-order valence-corrected chi connectivity index (χ3v) is 0.215. The Morgan fingerprint density at radius 3 is 2.40 bits per heavy atom. The molecule has 0 aliphatic heterocycles. The van der Waals surface area contributed by atoms with E-state index in [0.29, 0.717) is 0 Å². The van der Waals surface area contributed by atoms with E-state index in [1.807, 2.05) is 0 Å². The number of hydrogen-bond donors (Lipinski definition) is 1. The summed E-state index contributed by atoms with van der Waals surface area (Å²) in [6.07, 6.45) is 2.74. The molecule has 0 saturated carbocycles. The zero-order valence-corrected chi connectivity index (χ0v) is 3.14. The predicted octanol–water partition coefficient (Wildman–Crippen LogP) is 0.0627. The second-order valence-electron chi connectivity index (χ2n) is 0.564. The van der Waals surface area contributed by atoms with Gasteiger partial charge in [0.2, 0.25) is 0 Å². The van der Waals surface area contributed by atoms with Gasteiger partial charge in [-0.25, -0.2) is 0 Å². The normalized spacial score (nSPS) is 9.00. The molecule has 0 atom stereocenters. The summed E-state index contributed by atoms with van der Waals surface area (Å²) in [4.78, 5) is 0. The summed E-state index contributed by atoms with van der Waals surface area (Å²) in [5.74, 6) is 0. The fraction of sp³-hybridized carbons (Fsp3) is 0.333. The second-order valence-corrected chi connectivity index (χ2v) is 0.564. The van der Waals surface area contributed by atoms with Crippen molar-refractivity contribution in [2.45, 2.75) is 0 Å². The Hall–Kier alpha value is -0.660. The van der Waals surface area contributed by atoms with Gasteiger partial charge in [-0.2, -0.15) is 0 Å². The fourth-order valence-electron chi connectivity index (χ4n) is 0.0786. The number of methoxy groups -OCH3 is 1. The third kappa shape index (κ3) is 3.34. The van der Waals surface area contributed by atoms with Crippen molar-refractivity contribution in [3.05, 3.63) is 12.5 Å². The summed E-state index contributed by atoms with van der Waals surface area (Å²) in [7, 11) is 1.54. The Labute approximate surface area is 31.2 Å². The molecule has 0 amide bonds. The quantitative estimate of drug-likeness (QED) is 0.445. The van der Waals surface area contributed by atoms with E-state index in [1.165, 1.54) is 12.5 Å². The van der Waals surface area contributed by atoms with Crippen molar-refractivity contribution in [1.82, 2.24) is 0 Å². The molecule has 0 aliphatic carbocycles. The van der Waals surface area contributed by atoms with E-state index < -0.39 is 0 Å². The maximum absolute atomic E-state index is 4.83. The van der Waals surface area contributed by atoms with Crippen molar-refractivity contribution < 1.29 is 4.74 Å². The Morgan fingerprint density at radius 1 is 1.80 bits per heavy atom. The molecule has 0 aliphatic rings. The number of ether oxygens (including phenoxy) is 1. The van der Waals surface area contributed by atoms with E-state index in [1.54, 1.807) is 7.11 Å². The second kappa shape index (κ2) is 3.34. The highest BCUT2D eigenvalue weighted by atomic mass is 16.5. The van der Waals surface area contributed by atoms with Crippen LogP contribution in [0.2, 0.25) is 0 Å². The Morgan fingerprint density at radius 2 is 2.40 bits per heavy atom. The average Bonchev–Trinajstić information content (AvgIpc) is 1.41. The molecule has 0 unspecified atom stereocenters. The molecule has 2 heteroatoms. The van der Waals surface area contributed by atoms with Crippen LogP contribution in [0.5, 0.6) is 0 Å². The molecule has 2 nitrogen and oxygen atoms in total. The Kier molecular flexibility index (Phi) is 2.90. The highest BCUT2D eigenvalue weighted by Gasteiger charge is 1.46. The van der Waals surface area contributed by atoms with Gasteiger partial charge in [-0.1, -0.05) is 0 Å². The molecule has 0 rings (SSSR count). The van der Waals surface area contributed by atoms with E-state index in [0.717, 1.165) is 0 Å². The Balaban J connectivity index is 2.62. The summed E-state index contributed by atoms with van der Waals surface area (Å²) in [5.41, 5.74) is 4.83. The minimum atomic E-state index is 1.33. The molecule has 0 aromatic rings. The van der Waals surface area contributed by atoms with Gasteiger partial charge in [0.25, 0.3) is 0 Å². The first kappa shape index (κ1) is 4.34. The molecular formula is C3H7NO. The van der Waals surface area contributed by atoms with Crippen LogP contribution in [0.1, 0.15) is 0 Å². The van der Waals surface area contributed by atoms with Crippen LogP contribution < -0.4 is 5.73 Å². The van der Waals surface area contributed by atoms with Crippen LogP contribution in [0.4, 0.5) is 0 Å². The fourth-order valence-corrected chi connectivity index (χ4v) is 0.0786. The molecule has 0 radical (unpaired) electrons. The molecule has 2 N–H and O–H groups in total. The highest BCUT2D eigenvalue weighted by molar-refractivity contribution is 4.60. The standard InChI is InChI=1S/C3H7NO/c1-5-3-2-4/h2-3H,4H2,1H3/b3-2-. The number of hydrogen-bond acceptors (Lipinski definition) is 2. The van der Waals surface area contributed by atoms with E-state index in [4.69, 9.17) is 5.73 Å². The lowest BCUT2D eigenvalue weighted by atomic mass is 11.0. The smallest absolute Gasteiger partial charge is 0.0979 e. The molecule has 0 spiro atoms. The maximum atomic E-state index is 4.83. The van der Waals surface area contributed by atoms with Crippen molar-refractivity contribution in [3.8, 4) is 0 Å². The van der Waals surface area contributed by atoms with Crippen LogP contribution in [0.25, 0.3) is 0 Å². The van der Waals surface area contributed by atoms with Crippen molar-refractivity contribution in [3.63, 3.8) is 0 Å². The highest BCUT2D eigenvalue weighted by Crippen LogP contribution is 1.57. The van der Waals surface area contributed by atoms with Gasteiger partial charge in [-0.15, -0.1) is 0 Å². The van der Waals surface area contributed by atoms with Gasteiger partial charge in [0.05, 0.1) is 13.4 Å². The van der Waals surface area contributed by atoms with Crippen molar-refractivity contribution in [2.75, 3.05) is 7.11 Å². The van der Waals surface area contributed by atoms with Crippen LogP contribution in [0, 0.1) is 0 Å². The molecule has 0 aromatic carbocycles. The van der Waals surface area contributed by atoms with Gasteiger partial charge < -0.3 is 10.5 Å². The zero-order chi connectivity index (χ0) is 4.12. The molecule has 0 fully saturated rings. The predicted molar refractivity (Wildman–Crippen MR) is 20.3 cm³/mol. The van der Waals surface area contributed by atoms with Gasteiger partial charge in [0, 0.05) is 6.20 Å². The van der Waals surface area contributed by atoms with E-state index in [9.17, 15) is 0 Å². The maximum Gasteiger partial charge on any atom is 0.0979 e. The summed E-state index contributed by atoms with van der Waals surface area (Å²) >= 11 is 0. The minimum absolute atomic E-state index is 1.33. The molecule has 5 heavy (non-hydrogen) atoms. The molecule has 30 valence electrons. The third-order valence-electron chi connectivity index (χ3n) is 0.215. The summed E-state index contributed by atoms with van der Waals surface area (Å²) in [5, 5.41) is 0. The van der Waals surface area contributed by atoms with Gasteiger partial charge in [-0.3, -0.25) is 0 Å². The molecule has 0 aromatic heterocycles. The Bertz CT molecular complexity index is 33.9. The lowest BCUT2D eigenvalue weighted by Gasteiger charge is -1.76. The zero-order valence-electron chi connectivity index (χ0n) is 3.14. The topological polar surface area (TPSA) is 35.2 Å². The molecule has 0 saturated heterocycles. The van der Waals surface area contributed by atoms with Gasteiger partial charge >= 0.3 is 0 Å². The molecular weight excluding hydrogens is 66.0 g/mol. The van der Waals surface area contributed by atoms with Crippen LogP contribution in [-0.4, -0.2) is 7.11 Å². The van der Waals surface area contributed by atoms with E-state index >= 15 is 0 Å². The van der Waals surface area contributed by atoms with Gasteiger partial charge in [0.1, 0.15) is 0 Å². The first-order chi connectivity index (χ1) is 2.41. The van der Waals surface area contributed by atoms with Crippen LogP contribution >= 0.6 is 0 Å². The monoisotopic (exact) mass is 73.1 g/mol. The van der Waals surface area contributed by atoms with Crippen molar-refractivity contribution in [2.24, 2.45) is 5.73 Å². The van der Waals surface area contributed by atoms with Crippen molar-refractivity contribution in [1.29, 1.82) is 0 Å². The molecule has 0 heterocycles. The van der Waals surface area contributed by atoms with E-state index in [2.05, 4.69) is 4.74 Å². The number of nitrogens with two attached hydrogens (primary N) is 1. The minimum Gasteiger partial charge on any atom is -0.503 e. The van der Waals surface area contributed by atoms with Gasteiger partial charge in [-0.05, 0) is 0 Å². The number of rotatable bonds is 1. The summed E-state index contributed by atoms with van der Waals surface area (Å²) < 4.78 is 4.39. The molecule has 0 bridgehead atoms. The van der Waals surface area contributed by atoms with E-state index in [-0.39, 0.29) is 0 Å². The van der Waals surface area contributed by atoms with Gasteiger partial charge in [0.15, 0.2) is 0 Å². The van der Waals surface area contributed by atoms with Crippen LogP contribution in [0.3, 0.4) is 0 Å². The van der Waals surface area contributed by atoms with Crippen LogP contribution in [-0.2, 0) is 4.74 Å². The lowest BCUT2D eigenvalue weighted by molar-refractivity contribution is 0.337. The average molecular weight is 73.1 g/mol. The largest absolute Gasteiger partial charge is 0.503 e. The summed E-state index contributed by atoms with van der Waals surface area (Å²) in [6, 6.07) is 0. The first-order valence-corrected chi connectivity index (χ1v) is 1.31. The first-order valence-electron chi connectivity index (χ1n) is 1.31. The summed E-state index contributed by atoms with van der Waals surface area (Å²) in [6.45, 7) is 0.